The summed E-state index contributed by atoms with van der Waals surface area (Å²) >= 11 is 0. The molecule has 0 aliphatic carbocycles. The maximum atomic E-state index is 2.65. The van der Waals surface area contributed by atoms with Crippen LogP contribution < -0.4 is 9.80 Å². The van der Waals surface area contributed by atoms with Gasteiger partial charge in [0.05, 0.1) is 11.4 Å². The van der Waals surface area contributed by atoms with Gasteiger partial charge in [0, 0.05) is 23.6 Å². The number of nitrogens with zero attached hydrogens (tertiary/aromatic N) is 2. The minimum absolute atomic E-state index is 0.152. The first-order chi connectivity index (χ1) is 13.4. The zero-order valence-electron chi connectivity index (χ0n) is 18.5. The fourth-order valence-electron chi connectivity index (χ4n) is 6.06. The van der Waals surface area contributed by atoms with E-state index in [4.69, 9.17) is 0 Å². The Balaban J connectivity index is 1.98. The number of hydrogen-bond donors (Lipinski definition) is 0. The fourth-order valence-corrected chi connectivity index (χ4v) is 6.06. The van der Waals surface area contributed by atoms with E-state index in [2.05, 4.69) is 93.9 Å². The van der Waals surface area contributed by atoms with E-state index in [0.717, 1.165) is 12.8 Å². The average molecular weight is 377 g/mol. The van der Waals surface area contributed by atoms with Crippen LogP contribution in [0.25, 0.3) is 0 Å². The molecule has 0 saturated heterocycles. The second kappa shape index (κ2) is 6.83. The lowest BCUT2D eigenvalue weighted by molar-refractivity contribution is 0.0944. The molecule has 28 heavy (non-hydrogen) atoms. The fraction of sp³-hybridized carbons (Fsp3) is 0.538. The molecule has 0 amide bonds. The molecule has 3 atom stereocenters. The van der Waals surface area contributed by atoms with Crippen molar-refractivity contribution in [2.45, 2.75) is 78.3 Å². The normalized spacial score (nSPS) is 28.1. The van der Waals surface area contributed by atoms with E-state index in [1.54, 1.807) is 0 Å². The van der Waals surface area contributed by atoms with Crippen molar-refractivity contribution >= 4 is 17.1 Å². The SMILES string of the molecule is CCCCc1cccc2c1N(C)C1N2c2ccccc2C(C)(CC)C1(C)CC. The molecule has 2 heterocycles. The van der Waals surface area contributed by atoms with Gasteiger partial charge in [-0.05, 0) is 48.9 Å². The number of unbranched alkanes of at least 4 members (excludes halogenated alkanes) is 1. The van der Waals surface area contributed by atoms with Crippen molar-refractivity contribution < 1.29 is 0 Å². The van der Waals surface area contributed by atoms with Crippen LogP contribution in [0.4, 0.5) is 17.1 Å². The zero-order chi connectivity index (χ0) is 20.1. The van der Waals surface area contributed by atoms with Crippen LogP contribution in [0, 0.1) is 5.41 Å². The molecule has 0 radical (unpaired) electrons. The molecule has 0 N–H and O–H groups in total. The standard InChI is InChI=1S/C26H36N2/c1-7-10-14-19-15-13-18-22-23(19)27(6)24-26(5,9-3)25(4,8-2)20-16-11-12-17-21(20)28(22)24/h11-13,15-18,24H,7-10,14H2,1-6H3. The Labute approximate surface area is 171 Å². The van der Waals surface area contributed by atoms with E-state index in [1.165, 1.54) is 47.5 Å². The molecular formula is C26H36N2. The van der Waals surface area contributed by atoms with Crippen molar-refractivity contribution in [3.05, 3.63) is 53.6 Å². The van der Waals surface area contributed by atoms with Gasteiger partial charge in [0.15, 0.2) is 0 Å². The summed E-state index contributed by atoms with van der Waals surface area (Å²) in [5.41, 5.74) is 7.58. The Kier molecular flexibility index (Phi) is 4.72. The summed E-state index contributed by atoms with van der Waals surface area (Å²) in [4.78, 5) is 5.26. The highest BCUT2D eigenvalue weighted by molar-refractivity contribution is 5.88. The molecule has 2 heteroatoms. The topological polar surface area (TPSA) is 6.48 Å². The smallest absolute Gasteiger partial charge is 0.112 e. The van der Waals surface area contributed by atoms with Gasteiger partial charge in [-0.25, -0.2) is 0 Å². The maximum Gasteiger partial charge on any atom is 0.112 e. The first-order valence-electron chi connectivity index (χ1n) is 11.2. The summed E-state index contributed by atoms with van der Waals surface area (Å²) in [6.45, 7) is 12.1. The van der Waals surface area contributed by atoms with Crippen molar-refractivity contribution in [3.8, 4) is 0 Å². The maximum absolute atomic E-state index is 2.65. The molecule has 3 unspecified atom stereocenters. The number of hydrogen-bond acceptors (Lipinski definition) is 2. The molecule has 2 aliphatic heterocycles. The monoisotopic (exact) mass is 376 g/mol. The Morgan fingerprint density at radius 1 is 0.893 bits per heavy atom. The highest BCUT2D eigenvalue weighted by atomic mass is 15.4. The van der Waals surface area contributed by atoms with Gasteiger partial charge in [0.2, 0.25) is 0 Å². The molecule has 0 spiro atoms. The number of aryl methyl sites for hydroxylation is 1. The van der Waals surface area contributed by atoms with Crippen molar-refractivity contribution in [2.24, 2.45) is 5.41 Å². The third kappa shape index (κ3) is 2.33. The number of benzene rings is 2. The predicted octanol–water partition coefficient (Wildman–Crippen LogP) is 7.04. The van der Waals surface area contributed by atoms with Crippen molar-refractivity contribution in [3.63, 3.8) is 0 Å². The summed E-state index contributed by atoms with van der Waals surface area (Å²) in [6.07, 6.45) is 6.34. The molecule has 2 aromatic rings. The first-order valence-corrected chi connectivity index (χ1v) is 11.2. The Hall–Kier alpha value is -1.96. The summed E-state index contributed by atoms with van der Waals surface area (Å²) in [7, 11) is 2.33. The van der Waals surface area contributed by atoms with E-state index in [0.29, 0.717) is 6.17 Å². The quantitative estimate of drug-likeness (QED) is 0.552. The third-order valence-corrected chi connectivity index (χ3v) is 8.15. The van der Waals surface area contributed by atoms with E-state index in [1.807, 2.05) is 0 Å². The van der Waals surface area contributed by atoms with Gasteiger partial charge < -0.3 is 9.80 Å². The van der Waals surface area contributed by atoms with Crippen LogP contribution in [-0.2, 0) is 11.8 Å². The lowest BCUT2D eigenvalue weighted by atomic mass is 9.55. The molecular weight excluding hydrogens is 340 g/mol. The zero-order valence-corrected chi connectivity index (χ0v) is 18.5. The highest BCUT2D eigenvalue weighted by Crippen LogP contribution is 2.63. The summed E-state index contributed by atoms with van der Waals surface area (Å²) in [5.74, 6) is 0. The summed E-state index contributed by atoms with van der Waals surface area (Å²) < 4.78 is 0. The van der Waals surface area contributed by atoms with Gasteiger partial charge in [-0.3, -0.25) is 0 Å². The van der Waals surface area contributed by atoms with Crippen LogP contribution in [0.5, 0.6) is 0 Å². The van der Waals surface area contributed by atoms with Crippen LogP contribution in [0.15, 0.2) is 42.5 Å². The van der Waals surface area contributed by atoms with E-state index in [-0.39, 0.29) is 10.8 Å². The predicted molar refractivity (Wildman–Crippen MR) is 122 cm³/mol. The molecule has 0 bridgehead atoms. The van der Waals surface area contributed by atoms with Crippen molar-refractivity contribution in [2.75, 3.05) is 16.8 Å². The summed E-state index contributed by atoms with van der Waals surface area (Å²) in [5, 5.41) is 0. The van der Waals surface area contributed by atoms with Crippen LogP contribution in [0.2, 0.25) is 0 Å². The first kappa shape index (κ1) is 19.4. The van der Waals surface area contributed by atoms with Gasteiger partial charge in [0.1, 0.15) is 6.17 Å². The molecule has 2 aliphatic rings. The van der Waals surface area contributed by atoms with Gasteiger partial charge in [-0.1, -0.05) is 71.4 Å². The molecule has 150 valence electrons. The number of fused-ring (bicyclic) bond motifs is 5. The average Bonchev–Trinajstić information content (AvgIpc) is 3.04. The minimum atomic E-state index is 0.152. The Bertz CT molecular complexity index is 872. The molecule has 2 nitrogen and oxygen atoms in total. The molecule has 0 aromatic heterocycles. The second-order valence-electron chi connectivity index (χ2n) is 9.22. The summed E-state index contributed by atoms with van der Waals surface area (Å²) in [6, 6.07) is 16.1. The molecule has 0 fully saturated rings. The van der Waals surface area contributed by atoms with E-state index >= 15 is 0 Å². The molecule has 4 rings (SSSR count). The van der Waals surface area contributed by atoms with Crippen molar-refractivity contribution in [1.29, 1.82) is 0 Å². The Morgan fingerprint density at radius 2 is 1.61 bits per heavy atom. The number of para-hydroxylation sites is 2. The van der Waals surface area contributed by atoms with Crippen LogP contribution in [-0.4, -0.2) is 13.2 Å². The third-order valence-electron chi connectivity index (χ3n) is 8.15. The molecule has 0 saturated carbocycles. The number of anilines is 3. The van der Waals surface area contributed by atoms with E-state index < -0.39 is 0 Å². The van der Waals surface area contributed by atoms with Crippen LogP contribution in [0.3, 0.4) is 0 Å². The van der Waals surface area contributed by atoms with Crippen molar-refractivity contribution in [1.82, 2.24) is 0 Å². The van der Waals surface area contributed by atoms with Gasteiger partial charge in [-0.2, -0.15) is 0 Å². The highest BCUT2D eigenvalue weighted by Gasteiger charge is 2.59. The second-order valence-corrected chi connectivity index (χ2v) is 9.22. The lowest BCUT2D eigenvalue weighted by Gasteiger charge is -2.58. The van der Waals surface area contributed by atoms with Crippen LogP contribution >= 0.6 is 0 Å². The lowest BCUT2D eigenvalue weighted by Crippen LogP contribution is -2.62. The molecule has 2 aromatic carbocycles. The van der Waals surface area contributed by atoms with E-state index in [9.17, 15) is 0 Å². The van der Waals surface area contributed by atoms with Crippen LogP contribution in [0.1, 0.15) is 71.4 Å². The van der Waals surface area contributed by atoms with Gasteiger partial charge in [0.25, 0.3) is 0 Å². The van der Waals surface area contributed by atoms with Gasteiger partial charge >= 0.3 is 0 Å². The largest absolute Gasteiger partial charge is 0.352 e. The van der Waals surface area contributed by atoms with Gasteiger partial charge in [-0.15, -0.1) is 0 Å². The minimum Gasteiger partial charge on any atom is -0.352 e. The Morgan fingerprint density at radius 3 is 2.29 bits per heavy atom. The number of rotatable bonds is 5.